The first kappa shape index (κ1) is 24.1. The lowest BCUT2D eigenvalue weighted by Crippen LogP contribution is -2.76. The molecule has 4 rings (SSSR count). The van der Waals surface area contributed by atoms with Crippen LogP contribution in [0.5, 0.6) is 5.75 Å². The van der Waals surface area contributed by atoms with Crippen LogP contribution in [0.2, 0.25) is 0 Å². The lowest BCUT2D eigenvalue weighted by atomic mass is 10.1. The van der Waals surface area contributed by atoms with Crippen LogP contribution in [-0.2, 0) is 12.8 Å². The number of ether oxygens (including phenoxy) is 1. The number of halogens is 4. The molecule has 3 heterocycles. The number of hydrogen-bond donors (Lipinski definition) is 2. The van der Waals surface area contributed by atoms with Gasteiger partial charge in [0, 0.05) is 37.6 Å². The van der Waals surface area contributed by atoms with E-state index in [0.29, 0.717) is 37.3 Å². The van der Waals surface area contributed by atoms with Gasteiger partial charge in [0.15, 0.2) is 11.6 Å². The van der Waals surface area contributed by atoms with Gasteiger partial charge in [-0.2, -0.15) is 33.7 Å². The lowest BCUT2D eigenvalue weighted by molar-refractivity contribution is -0.433. The average Bonchev–Trinajstić information content (AvgIpc) is 3.32. The van der Waals surface area contributed by atoms with Gasteiger partial charge in [-0.05, 0) is 24.1 Å². The van der Waals surface area contributed by atoms with Crippen molar-refractivity contribution >= 4 is 18.0 Å². The van der Waals surface area contributed by atoms with Gasteiger partial charge in [-0.1, -0.05) is 5.10 Å². The van der Waals surface area contributed by atoms with E-state index in [2.05, 4.69) is 30.5 Å². The summed E-state index contributed by atoms with van der Waals surface area (Å²) in [4.78, 5) is 11.1. The number of nitrogens with zero attached hydrogens (tertiary/aromatic N) is 8. The summed E-state index contributed by atoms with van der Waals surface area (Å²) in [6, 6.07) is 4.39. The third kappa shape index (κ3) is 6.11. The van der Waals surface area contributed by atoms with Crippen molar-refractivity contribution in [2.75, 3.05) is 18.0 Å². The fourth-order valence-corrected chi connectivity index (χ4v) is 3.52. The molecule has 1 aliphatic heterocycles. The second-order valence-corrected chi connectivity index (χ2v) is 7.65. The highest BCUT2D eigenvalue weighted by Crippen LogP contribution is 2.29. The van der Waals surface area contributed by atoms with Crippen LogP contribution < -0.4 is 15.0 Å². The zero-order chi connectivity index (χ0) is 24.8. The minimum Gasteiger partial charge on any atom is -0.484 e. The van der Waals surface area contributed by atoms with Crippen molar-refractivity contribution in [3.63, 3.8) is 0 Å². The van der Waals surface area contributed by atoms with Crippen LogP contribution >= 0.6 is 0 Å². The van der Waals surface area contributed by atoms with Crippen LogP contribution in [0.25, 0.3) is 0 Å². The summed E-state index contributed by atoms with van der Waals surface area (Å²) in [5.74, 6) is -0.243. The number of hydrogen-bond acceptors (Lipinski definition) is 8. The van der Waals surface area contributed by atoms with Crippen LogP contribution in [-0.4, -0.2) is 44.4 Å². The van der Waals surface area contributed by atoms with E-state index < -0.39 is 17.6 Å². The van der Waals surface area contributed by atoms with Gasteiger partial charge in [0.05, 0.1) is 17.8 Å². The topological polar surface area (TPSA) is 134 Å². The molecule has 0 unspecified atom stereocenters. The molecule has 0 amide bonds. The first-order valence-corrected chi connectivity index (χ1v) is 10.5. The van der Waals surface area contributed by atoms with Crippen LogP contribution in [0.15, 0.2) is 47.1 Å². The number of anilines is 1. The van der Waals surface area contributed by atoms with Crippen LogP contribution in [0.3, 0.4) is 0 Å². The average molecular weight is 493 g/mol. The molecule has 1 saturated heterocycles. The minimum absolute atomic E-state index is 0.00174. The van der Waals surface area contributed by atoms with Crippen LogP contribution in [0.4, 0.5) is 29.2 Å². The summed E-state index contributed by atoms with van der Waals surface area (Å²) < 4.78 is 57.8. The molecule has 1 fully saturated rings. The number of piperidine rings is 1. The van der Waals surface area contributed by atoms with E-state index in [1.807, 2.05) is 4.90 Å². The summed E-state index contributed by atoms with van der Waals surface area (Å²) in [7, 11) is 0. The van der Waals surface area contributed by atoms with Crippen molar-refractivity contribution in [1.82, 2.24) is 25.0 Å². The number of nitrogens with one attached hydrogen (secondary N) is 1. The van der Waals surface area contributed by atoms with E-state index in [0.717, 1.165) is 12.4 Å². The fourth-order valence-electron chi connectivity index (χ4n) is 3.52. The smallest absolute Gasteiger partial charge is 0.419 e. The second-order valence-electron chi connectivity index (χ2n) is 7.65. The van der Waals surface area contributed by atoms with Crippen LogP contribution in [0, 0.1) is 11.3 Å². The maximum atomic E-state index is 14.3. The van der Waals surface area contributed by atoms with Gasteiger partial charge >= 0.3 is 6.18 Å². The monoisotopic (exact) mass is 493 g/mol. The third-order valence-corrected chi connectivity index (χ3v) is 5.32. The molecule has 1 aromatic carbocycles. The molecule has 11 nitrogen and oxygen atoms in total. The van der Waals surface area contributed by atoms with E-state index in [-0.39, 0.29) is 24.3 Å². The first-order chi connectivity index (χ1) is 16.8. The van der Waals surface area contributed by atoms with Crippen molar-refractivity contribution in [1.29, 1.82) is 5.53 Å². The summed E-state index contributed by atoms with van der Waals surface area (Å²) in [5, 5.41) is 16.4. The maximum Gasteiger partial charge on any atom is 0.419 e. The van der Waals surface area contributed by atoms with Crippen molar-refractivity contribution in [3.8, 4) is 5.75 Å². The van der Waals surface area contributed by atoms with E-state index in [1.54, 1.807) is 17.1 Å². The van der Waals surface area contributed by atoms with Crippen molar-refractivity contribution < 1.29 is 27.6 Å². The Hall–Kier alpha value is -4.01. The Morgan fingerprint density at radius 2 is 1.91 bits per heavy atom. The summed E-state index contributed by atoms with van der Waals surface area (Å²) in [5.41, 5.74) is 6.76. The predicted octanol–water partition coefficient (Wildman–Crippen LogP) is 2.82. The Balaban J connectivity index is 1.29. The maximum absolute atomic E-state index is 14.3. The Labute approximate surface area is 196 Å². The second kappa shape index (κ2) is 10.5. The van der Waals surface area contributed by atoms with Gasteiger partial charge in [-0.25, -0.2) is 14.4 Å². The van der Waals surface area contributed by atoms with Gasteiger partial charge in [-0.3, -0.25) is 5.32 Å². The van der Waals surface area contributed by atoms with Crippen molar-refractivity contribution in [2.24, 2.45) is 10.3 Å². The lowest BCUT2D eigenvalue weighted by Gasteiger charge is -2.31. The molecule has 3 N–H and O–H groups in total. The van der Waals surface area contributed by atoms with Gasteiger partial charge in [0.2, 0.25) is 12.3 Å². The first-order valence-electron chi connectivity index (χ1n) is 10.5. The number of alkyl halides is 3. The van der Waals surface area contributed by atoms with E-state index in [9.17, 15) is 17.6 Å². The van der Waals surface area contributed by atoms with E-state index >= 15 is 0 Å². The van der Waals surface area contributed by atoms with Crippen molar-refractivity contribution in [2.45, 2.75) is 31.7 Å². The molecule has 2 aromatic heterocycles. The molecule has 0 radical (unpaired) electrons. The molecule has 15 heteroatoms. The zero-order valence-corrected chi connectivity index (χ0v) is 18.2. The normalized spacial score (nSPS) is 15.0. The van der Waals surface area contributed by atoms with Gasteiger partial charge in [0.25, 0.3) is 0 Å². The quantitative estimate of drug-likeness (QED) is 0.124. The SMILES string of the molecule is N=NN=C[NH2+]c1ccc(OCc2cnn(C3CCN(c4ncc(C(F)(F)F)cn4)CC3)n2)c(F)c1. The molecule has 1 aliphatic rings. The van der Waals surface area contributed by atoms with E-state index in [1.165, 1.54) is 23.8 Å². The highest BCUT2D eigenvalue weighted by atomic mass is 19.4. The molecular weight excluding hydrogens is 472 g/mol. The molecule has 35 heavy (non-hydrogen) atoms. The molecule has 0 atom stereocenters. The minimum atomic E-state index is -4.47. The molecule has 0 bridgehead atoms. The molecular formula is C20H21F4N10O+. The highest BCUT2D eigenvalue weighted by Gasteiger charge is 2.32. The Morgan fingerprint density at radius 3 is 2.57 bits per heavy atom. The molecule has 0 aliphatic carbocycles. The Morgan fingerprint density at radius 1 is 1.17 bits per heavy atom. The van der Waals surface area contributed by atoms with Gasteiger partial charge in [0.1, 0.15) is 18.0 Å². The molecule has 3 aromatic rings. The number of nitrogens with two attached hydrogens (primary N) is 1. The number of quaternary nitrogens is 1. The van der Waals surface area contributed by atoms with Crippen molar-refractivity contribution in [3.05, 3.63) is 53.9 Å². The molecule has 0 spiro atoms. The largest absolute Gasteiger partial charge is 0.484 e. The third-order valence-electron chi connectivity index (χ3n) is 5.32. The number of aromatic nitrogens is 5. The molecule has 0 saturated carbocycles. The number of rotatable bonds is 8. The summed E-state index contributed by atoms with van der Waals surface area (Å²) in [6.07, 6.45) is 1.24. The fraction of sp³-hybridized carbons (Fsp3) is 0.350. The number of benzene rings is 1. The summed E-state index contributed by atoms with van der Waals surface area (Å²) in [6.45, 7) is 1.11. The predicted molar refractivity (Wildman–Crippen MR) is 113 cm³/mol. The van der Waals surface area contributed by atoms with Crippen LogP contribution in [0.1, 0.15) is 30.1 Å². The van der Waals surface area contributed by atoms with Gasteiger partial charge < -0.3 is 9.64 Å². The summed E-state index contributed by atoms with van der Waals surface area (Å²) >= 11 is 0. The zero-order valence-electron chi connectivity index (χ0n) is 18.2. The highest BCUT2D eigenvalue weighted by molar-refractivity contribution is 5.48. The van der Waals surface area contributed by atoms with Gasteiger partial charge in [-0.15, -0.1) is 0 Å². The van der Waals surface area contributed by atoms with E-state index in [4.69, 9.17) is 10.3 Å². The Kier molecular flexibility index (Phi) is 7.24. The molecule has 184 valence electrons. The Bertz CT molecular complexity index is 1170. The standard InChI is InChI=1S/C20H20F4N10O/c21-17-7-14(28-12-29-32-25)1-2-18(17)35-11-15-10-30-34(31-15)16-3-5-33(6-4-16)19-26-8-13(9-27-19)20(22,23)24/h1-2,7-10,12,16H,3-6,11H2,(H2,25,28,29)/p+1.